The normalized spacial score (nSPS) is 12.3. The van der Waals surface area contributed by atoms with Gasteiger partial charge in [0.15, 0.2) is 0 Å². The molecule has 0 saturated heterocycles. The van der Waals surface area contributed by atoms with Gasteiger partial charge >= 0.3 is 0 Å². The molecule has 5 aromatic carbocycles. The zero-order valence-electron chi connectivity index (χ0n) is 24.9. The van der Waals surface area contributed by atoms with E-state index in [-0.39, 0.29) is 10.8 Å². The van der Waals surface area contributed by atoms with Gasteiger partial charge in [-0.2, -0.15) is 0 Å². The summed E-state index contributed by atoms with van der Waals surface area (Å²) < 4.78 is 7.31. The van der Waals surface area contributed by atoms with E-state index in [2.05, 4.69) is 159 Å². The van der Waals surface area contributed by atoms with E-state index in [0.717, 1.165) is 43.5 Å². The van der Waals surface area contributed by atoms with E-state index in [1.54, 1.807) is 0 Å². The first-order valence-electron chi connectivity index (χ1n) is 14.3. The van der Waals surface area contributed by atoms with Crippen LogP contribution in [0.25, 0.3) is 33.1 Å². The van der Waals surface area contributed by atoms with Crippen LogP contribution in [0.2, 0.25) is 5.02 Å². The minimum absolute atomic E-state index is 0.0528. The standard InChI is InChI=1S/C38H35BrClNO/c1-37(2,3)26-13-15-28(16-14-26)41(33-22-27(38(4,5)6)21-32(39)36(33)40)29-17-18-30-31-20-25(24-10-8-7-9-11-24)12-19-34(31)42-35(30)23-29/h7-23H,1-6H3. The first-order chi connectivity index (χ1) is 19.9. The average molecular weight is 637 g/mol. The van der Waals surface area contributed by atoms with Crippen LogP contribution in [0, 0.1) is 0 Å². The summed E-state index contributed by atoms with van der Waals surface area (Å²) in [4.78, 5) is 2.23. The monoisotopic (exact) mass is 635 g/mol. The van der Waals surface area contributed by atoms with Crippen molar-refractivity contribution in [3.05, 3.63) is 124 Å². The summed E-state index contributed by atoms with van der Waals surface area (Å²) in [6, 6.07) is 36.5. The van der Waals surface area contributed by atoms with Crippen molar-refractivity contribution in [2.75, 3.05) is 4.90 Å². The average Bonchev–Trinajstić information content (AvgIpc) is 3.32. The van der Waals surface area contributed by atoms with Crippen LogP contribution in [0.1, 0.15) is 52.7 Å². The highest BCUT2D eigenvalue weighted by Gasteiger charge is 2.24. The van der Waals surface area contributed by atoms with Gasteiger partial charge in [-0.1, -0.05) is 102 Å². The van der Waals surface area contributed by atoms with Gasteiger partial charge in [-0.15, -0.1) is 0 Å². The Kier molecular flexibility index (Phi) is 7.23. The van der Waals surface area contributed by atoms with Crippen molar-refractivity contribution in [2.24, 2.45) is 0 Å². The van der Waals surface area contributed by atoms with Crippen LogP contribution >= 0.6 is 27.5 Å². The molecule has 1 heterocycles. The van der Waals surface area contributed by atoms with Gasteiger partial charge in [0, 0.05) is 32.7 Å². The van der Waals surface area contributed by atoms with Crippen LogP contribution in [-0.4, -0.2) is 0 Å². The molecule has 1 aromatic heterocycles. The summed E-state index contributed by atoms with van der Waals surface area (Å²) in [5, 5.41) is 2.86. The Hall–Kier alpha value is -3.53. The molecule has 0 fully saturated rings. The van der Waals surface area contributed by atoms with Crippen molar-refractivity contribution < 1.29 is 4.42 Å². The molecular formula is C38H35BrClNO. The van der Waals surface area contributed by atoms with Gasteiger partial charge in [-0.3, -0.25) is 0 Å². The number of furan rings is 1. The molecule has 0 amide bonds. The lowest BCUT2D eigenvalue weighted by Gasteiger charge is -2.30. The Balaban J connectivity index is 1.54. The minimum atomic E-state index is -0.0528. The fourth-order valence-electron chi connectivity index (χ4n) is 5.42. The molecule has 2 nitrogen and oxygen atoms in total. The number of nitrogens with zero attached hydrogens (tertiary/aromatic N) is 1. The second-order valence-electron chi connectivity index (χ2n) is 13.0. The first kappa shape index (κ1) is 28.6. The zero-order chi connectivity index (χ0) is 29.8. The predicted molar refractivity (Wildman–Crippen MR) is 184 cm³/mol. The largest absolute Gasteiger partial charge is 0.456 e. The van der Waals surface area contributed by atoms with Gasteiger partial charge in [0.25, 0.3) is 0 Å². The zero-order valence-corrected chi connectivity index (χ0v) is 27.3. The molecule has 212 valence electrons. The Morgan fingerprint density at radius 1 is 0.595 bits per heavy atom. The molecule has 42 heavy (non-hydrogen) atoms. The molecule has 0 unspecified atom stereocenters. The van der Waals surface area contributed by atoms with Gasteiger partial charge < -0.3 is 9.32 Å². The molecular weight excluding hydrogens is 602 g/mol. The van der Waals surface area contributed by atoms with Crippen LogP contribution in [0.5, 0.6) is 0 Å². The van der Waals surface area contributed by atoms with Gasteiger partial charge in [0.1, 0.15) is 11.2 Å². The molecule has 4 heteroatoms. The highest BCUT2D eigenvalue weighted by atomic mass is 79.9. The fraction of sp³-hybridized carbons (Fsp3) is 0.211. The summed E-state index contributed by atoms with van der Waals surface area (Å²) in [7, 11) is 0. The quantitative estimate of drug-likeness (QED) is 0.191. The molecule has 0 aliphatic carbocycles. The van der Waals surface area contributed by atoms with E-state index >= 15 is 0 Å². The molecule has 0 radical (unpaired) electrons. The lowest BCUT2D eigenvalue weighted by atomic mass is 9.86. The number of anilines is 3. The van der Waals surface area contributed by atoms with Crippen molar-refractivity contribution in [1.29, 1.82) is 0 Å². The Morgan fingerprint density at radius 2 is 1.26 bits per heavy atom. The van der Waals surface area contributed by atoms with Crippen LogP contribution in [0.15, 0.2) is 112 Å². The molecule has 0 bridgehead atoms. The third-order valence-corrected chi connectivity index (χ3v) is 9.18. The van der Waals surface area contributed by atoms with E-state index in [1.165, 1.54) is 22.3 Å². The second kappa shape index (κ2) is 10.6. The molecule has 0 saturated carbocycles. The molecule has 0 atom stereocenters. The Morgan fingerprint density at radius 3 is 1.93 bits per heavy atom. The molecule has 0 spiro atoms. The molecule has 0 aliphatic rings. The van der Waals surface area contributed by atoms with Gasteiger partial charge in [-0.05, 0) is 97.5 Å². The molecule has 0 N–H and O–H groups in total. The highest BCUT2D eigenvalue weighted by molar-refractivity contribution is 9.10. The van der Waals surface area contributed by atoms with Crippen molar-refractivity contribution in [3.8, 4) is 11.1 Å². The van der Waals surface area contributed by atoms with Crippen molar-refractivity contribution in [1.82, 2.24) is 0 Å². The lowest BCUT2D eigenvalue weighted by Crippen LogP contribution is -2.16. The van der Waals surface area contributed by atoms with E-state index in [9.17, 15) is 0 Å². The summed E-state index contributed by atoms with van der Waals surface area (Å²) >= 11 is 10.8. The fourth-order valence-corrected chi connectivity index (χ4v) is 6.07. The van der Waals surface area contributed by atoms with Gasteiger partial charge in [0.05, 0.1) is 10.7 Å². The topological polar surface area (TPSA) is 16.4 Å². The second-order valence-corrected chi connectivity index (χ2v) is 14.3. The predicted octanol–water partition coefficient (Wildman–Crippen LogP) is 12.7. The minimum Gasteiger partial charge on any atom is -0.456 e. The van der Waals surface area contributed by atoms with Gasteiger partial charge in [-0.25, -0.2) is 0 Å². The van der Waals surface area contributed by atoms with Crippen LogP contribution in [-0.2, 0) is 10.8 Å². The first-order valence-corrected chi connectivity index (χ1v) is 15.5. The van der Waals surface area contributed by atoms with Crippen LogP contribution in [0.3, 0.4) is 0 Å². The van der Waals surface area contributed by atoms with Crippen LogP contribution < -0.4 is 4.90 Å². The van der Waals surface area contributed by atoms with E-state index in [1.807, 2.05) is 6.07 Å². The summed E-state index contributed by atoms with van der Waals surface area (Å²) in [6.45, 7) is 13.4. The molecule has 6 rings (SSSR count). The number of benzene rings is 5. The maximum atomic E-state index is 7.06. The maximum Gasteiger partial charge on any atom is 0.137 e. The number of hydrogen-bond donors (Lipinski definition) is 0. The van der Waals surface area contributed by atoms with Crippen LogP contribution in [0.4, 0.5) is 17.1 Å². The number of fused-ring (bicyclic) bond motifs is 3. The number of rotatable bonds is 4. The van der Waals surface area contributed by atoms with E-state index < -0.39 is 0 Å². The van der Waals surface area contributed by atoms with Crippen molar-refractivity contribution in [2.45, 2.75) is 52.4 Å². The SMILES string of the molecule is CC(C)(C)c1ccc(N(c2ccc3c(c2)oc2ccc(-c4ccccc4)cc23)c2cc(C(C)(C)C)cc(Br)c2Cl)cc1. The summed E-state index contributed by atoms with van der Waals surface area (Å²) in [5.74, 6) is 0. The van der Waals surface area contributed by atoms with Crippen molar-refractivity contribution in [3.63, 3.8) is 0 Å². The Bertz CT molecular complexity index is 1910. The maximum absolute atomic E-state index is 7.06. The number of halogens is 2. The lowest BCUT2D eigenvalue weighted by molar-refractivity contribution is 0.589. The number of hydrogen-bond acceptors (Lipinski definition) is 2. The van der Waals surface area contributed by atoms with E-state index in [4.69, 9.17) is 16.0 Å². The third-order valence-electron chi connectivity index (χ3n) is 7.93. The van der Waals surface area contributed by atoms with Crippen molar-refractivity contribution >= 4 is 66.5 Å². The molecule has 6 aromatic rings. The highest BCUT2D eigenvalue weighted by Crippen LogP contribution is 2.46. The summed E-state index contributed by atoms with van der Waals surface area (Å²) in [6.07, 6.45) is 0. The Labute approximate surface area is 262 Å². The van der Waals surface area contributed by atoms with E-state index in [0.29, 0.717) is 5.02 Å². The smallest absolute Gasteiger partial charge is 0.137 e. The molecule has 0 aliphatic heterocycles. The third kappa shape index (κ3) is 5.37. The van der Waals surface area contributed by atoms with Gasteiger partial charge in [0.2, 0.25) is 0 Å². The summed E-state index contributed by atoms with van der Waals surface area (Å²) in [5.41, 5.74) is 9.49.